The maximum Gasteiger partial charge on any atom is 0.227 e. The van der Waals surface area contributed by atoms with Crippen molar-refractivity contribution in [2.45, 2.75) is 46.1 Å². The van der Waals surface area contributed by atoms with Crippen molar-refractivity contribution in [3.05, 3.63) is 0 Å². The molecule has 1 aliphatic heterocycles. The molecule has 0 spiro atoms. The van der Waals surface area contributed by atoms with Gasteiger partial charge < -0.3 is 14.5 Å². The Labute approximate surface area is 122 Å². The van der Waals surface area contributed by atoms with E-state index in [-0.39, 0.29) is 23.8 Å². The Morgan fingerprint density at radius 1 is 1.40 bits per heavy atom. The van der Waals surface area contributed by atoms with E-state index in [1.165, 1.54) is 0 Å². The lowest BCUT2D eigenvalue weighted by atomic mass is 10.1. The molecule has 0 aromatic carbocycles. The second-order valence-corrected chi connectivity index (χ2v) is 5.58. The van der Waals surface area contributed by atoms with E-state index < -0.39 is 0 Å². The van der Waals surface area contributed by atoms with Gasteiger partial charge in [-0.2, -0.15) is 0 Å². The summed E-state index contributed by atoms with van der Waals surface area (Å²) < 4.78 is 5.10. The zero-order chi connectivity index (χ0) is 15.1. The van der Waals surface area contributed by atoms with Crippen LogP contribution >= 0.6 is 0 Å². The minimum atomic E-state index is -0.181. The number of nitrogens with zero attached hydrogens (tertiary/aromatic N) is 2. The van der Waals surface area contributed by atoms with Gasteiger partial charge >= 0.3 is 0 Å². The molecule has 2 amide bonds. The summed E-state index contributed by atoms with van der Waals surface area (Å²) in [5.41, 5.74) is 0. The Morgan fingerprint density at radius 2 is 2.00 bits per heavy atom. The van der Waals surface area contributed by atoms with Crippen LogP contribution in [0.5, 0.6) is 0 Å². The van der Waals surface area contributed by atoms with E-state index in [0.717, 1.165) is 25.9 Å². The van der Waals surface area contributed by atoms with E-state index >= 15 is 0 Å². The number of hydrogen-bond acceptors (Lipinski definition) is 3. The van der Waals surface area contributed by atoms with Crippen LogP contribution < -0.4 is 0 Å². The van der Waals surface area contributed by atoms with E-state index in [2.05, 4.69) is 13.8 Å². The fourth-order valence-corrected chi connectivity index (χ4v) is 2.78. The van der Waals surface area contributed by atoms with Crippen LogP contribution in [0.2, 0.25) is 0 Å². The van der Waals surface area contributed by atoms with Crippen molar-refractivity contribution in [1.82, 2.24) is 9.80 Å². The van der Waals surface area contributed by atoms with Crippen LogP contribution in [0.15, 0.2) is 0 Å². The Balaban J connectivity index is 2.64. The Hall–Kier alpha value is -1.10. The zero-order valence-electron chi connectivity index (χ0n) is 13.2. The third-order valence-corrected chi connectivity index (χ3v) is 3.75. The molecule has 0 aliphatic carbocycles. The Morgan fingerprint density at radius 3 is 2.50 bits per heavy atom. The summed E-state index contributed by atoms with van der Waals surface area (Å²) in [7, 11) is 1.63. The van der Waals surface area contributed by atoms with Crippen LogP contribution in [0.3, 0.4) is 0 Å². The highest BCUT2D eigenvalue weighted by atomic mass is 16.5. The van der Waals surface area contributed by atoms with Gasteiger partial charge in [-0.25, -0.2) is 0 Å². The molecule has 0 saturated carbocycles. The number of methoxy groups -OCH3 is 1. The van der Waals surface area contributed by atoms with Gasteiger partial charge in [0.25, 0.3) is 0 Å². The van der Waals surface area contributed by atoms with Crippen molar-refractivity contribution in [2.24, 2.45) is 5.92 Å². The van der Waals surface area contributed by atoms with Crippen molar-refractivity contribution in [2.75, 3.05) is 33.4 Å². The van der Waals surface area contributed by atoms with Gasteiger partial charge in [0.15, 0.2) is 0 Å². The molecule has 0 N–H and O–H groups in total. The highest BCUT2D eigenvalue weighted by molar-refractivity contribution is 5.89. The molecule has 0 radical (unpaired) electrons. The van der Waals surface area contributed by atoms with Gasteiger partial charge in [-0.3, -0.25) is 9.59 Å². The molecule has 5 nitrogen and oxygen atoms in total. The summed E-state index contributed by atoms with van der Waals surface area (Å²) in [6.45, 7) is 8.72. The molecular weight excluding hydrogens is 256 g/mol. The fourth-order valence-electron chi connectivity index (χ4n) is 2.78. The monoisotopic (exact) mass is 284 g/mol. The molecule has 116 valence electrons. The summed E-state index contributed by atoms with van der Waals surface area (Å²) in [6.07, 6.45) is 2.25. The van der Waals surface area contributed by atoms with E-state index in [9.17, 15) is 9.59 Å². The molecular formula is C15H28N2O3. The molecule has 0 aromatic heterocycles. The van der Waals surface area contributed by atoms with Gasteiger partial charge in [0.2, 0.25) is 11.8 Å². The van der Waals surface area contributed by atoms with Crippen LogP contribution in [-0.2, 0) is 14.3 Å². The van der Waals surface area contributed by atoms with Gasteiger partial charge in [-0.1, -0.05) is 13.8 Å². The summed E-state index contributed by atoms with van der Waals surface area (Å²) in [5, 5.41) is 0. The highest BCUT2D eigenvalue weighted by Gasteiger charge is 2.38. The Bertz CT molecular complexity index is 327. The predicted molar refractivity (Wildman–Crippen MR) is 78.3 cm³/mol. The number of amides is 2. The molecule has 1 fully saturated rings. The number of rotatable bonds is 8. The lowest BCUT2D eigenvalue weighted by Crippen LogP contribution is -2.40. The van der Waals surface area contributed by atoms with Crippen molar-refractivity contribution in [3.63, 3.8) is 0 Å². The van der Waals surface area contributed by atoms with Crippen LogP contribution in [-0.4, -0.2) is 61.0 Å². The van der Waals surface area contributed by atoms with E-state index in [1.807, 2.05) is 11.8 Å². The van der Waals surface area contributed by atoms with Crippen LogP contribution in [0.4, 0.5) is 0 Å². The smallest absolute Gasteiger partial charge is 0.227 e. The minimum absolute atomic E-state index is 0.0381. The molecule has 1 aliphatic rings. The van der Waals surface area contributed by atoms with E-state index in [4.69, 9.17) is 4.74 Å². The SMILES string of the molecule is CCCN(CCC)C(=O)[C@H]1CC(=O)N([C@H](C)COC)C1. The van der Waals surface area contributed by atoms with Crippen molar-refractivity contribution in [3.8, 4) is 0 Å². The number of carbonyl (C=O) groups is 2. The second-order valence-electron chi connectivity index (χ2n) is 5.58. The van der Waals surface area contributed by atoms with Crippen molar-refractivity contribution in [1.29, 1.82) is 0 Å². The third-order valence-electron chi connectivity index (χ3n) is 3.75. The minimum Gasteiger partial charge on any atom is -0.383 e. The molecule has 0 aromatic rings. The predicted octanol–water partition coefficient (Wildman–Crippen LogP) is 1.52. The fraction of sp³-hybridized carbons (Fsp3) is 0.867. The standard InChI is InChI=1S/C15H28N2O3/c1-5-7-16(8-6-2)15(19)13-9-14(18)17(10-13)12(3)11-20-4/h12-13H,5-11H2,1-4H3/t12-,13+/m1/s1. The summed E-state index contributed by atoms with van der Waals surface area (Å²) in [6, 6.07) is 0.0381. The van der Waals surface area contributed by atoms with E-state index in [1.54, 1.807) is 12.0 Å². The molecule has 0 unspecified atom stereocenters. The first-order valence-electron chi connectivity index (χ1n) is 7.62. The van der Waals surface area contributed by atoms with Gasteiger partial charge in [0.1, 0.15) is 0 Å². The van der Waals surface area contributed by atoms with E-state index in [0.29, 0.717) is 19.6 Å². The quantitative estimate of drug-likeness (QED) is 0.679. The molecule has 1 rings (SSSR count). The first-order valence-corrected chi connectivity index (χ1v) is 7.62. The van der Waals surface area contributed by atoms with Crippen molar-refractivity contribution >= 4 is 11.8 Å². The van der Waals surface area contributed by atoms with Gasteiger partial charge in [0.05, 0.1) is 18.6 Å². The maximum absolute atomic E-state index is 12.5. The first-order chi connectivity index (χ1) is 9.54. The molecule has 2 atom stereocenters. The molecule has 0 bridgehead atoms. The maximum atomic E-state index is 12.5. The Kier molecular flexibility index (Phi) is 6.99. The molecule has 5 heteroatoms. The van der Waals surface area contributed by atoms with Crippen molar-refractivity contribution < 1.29 is 14.3 Å². The third kappa shape index (κ3) is 4.20. The number of hydrogen-bond donors (Lipinski definition) is 0. The molecule has 1 saturated heterocycles. The van der Waals surface area contributed by atoms with Crippen LogP contribution in [0, 0.1) is 5.92 Å². The summed E-state index contributed by atoms with van der Waals surface area (Å²) in [4.78, 5) is 28.2. The highest BCUT2D eigenvalue weighted by Crippen LogP contribution is 2.22. The number of ether oxygens (including phenoxy) is 1. The number of likely N-dealkylation sites (tertiary alicyclic amines) is 1. The lowest BCUT2D eigenvalue weighted by molar-refractivity contribution is -0.136. The largest absolute Gasteiger partial charge is 0.383 e. The summed E-state index contributed by atoms with van der Waals surface area (Å²) >= 11 is 0. The molecule has 20 heavy (non-hydrogen) atoms. The topological polar surface area (TPSA) is 49.9 Å². The average Bonchev–Trinajstić information content (AvgIpc) is 2.80. The second kappa shape index (κ2) is 8.25. The van der Waals surface area contributed by atoms with Gasteiger partial charge in [0, 0.05) is 33.2 Å². The molecule has 1 heterocycles. The van der Waals surface area contributed by atoms with Gasteiger partial charge in [-0.15, -0.1) is 0 Å². The zero-order valence-corrected chi connectivity index (χ0v) is 13.2. The first kappa shape index (κ1) is 17.0. The summed E-state index contributed by atoms with van der Waals surface area (Å²) in [5.74, 6) is 0.0231. The van der Waals surface area contributed by atoms with Gasteiger partial charge in [-0.05, 0) is 19.8 Å². The lowest BCUT2D eigenvalue weighted by Gasteiger charge is -2.26. The number of carbonyl (C=O) groups excluding carboxylic acids is 2. The van der Waals surface area contributed by atoms with Crippen LogP contribution in [0.1, 0.15) is 40.0 Å². The average molecular weight is 284 g/mol. The van der Waals surface area contributed by atoms with Crippen LogP contribution in [0.25, 0.3) is 0 Å². The normalized spacial score (nSPS) is 20.3.